The predicted octanol–water partition coefficient (Wildman–Crippen LogP) is 3.83. The molecule has 1 aliphatic heterocycles. The Morgan fingerprint density at radius 3 is 3.06 bits per heavy atom. The number of carbonyl (C=O) groups excluding carboxylic acids is 1. The lowest BCUT2D eigenvalue weighted by atomic mass is 10.1. The summed E-state index contributed by atoms with van der Waals surface area (Å²) in [5.74, 6) is 2.45. The lowest BCUT2D eigenvalue weighted by Gasteiger charge is -2.08. The van der Waals surface area contributed by atoms with E-state index >= 15 is 0 Å². The zero-order chi connectivity index (χ0) is 11.0. The summed E-state index contributed by atoms with van der Waals surface area (Å²) in [6.45, 7) is 0. The van der Waals surface area contributed by atoms with Crippen molar-refractivity contribution in [1.29, 1.82) is 0 Å². The monoisotopic (exact) mass is 266 g/mol. The van der Waals surface area contributed by atoms with Crippen molar-refractivity contribution in [2.45, 2.75) is 12.2 Å². The van der Waals surface area contributed by atoms with Crippen molar-refractivity contribution < 1.29 is 4.79 Å². The van der Waals surface area contributed by atoms with Gasteiger partial charge in [0.15, 0.2) is 0 Å². The van der Waals surface area contributed by atoms with Crippen molar-refractivity contribution in [2.24, 2.45) is 0 Å². The van der Waals surface area contributed by atoms with E-state index in [-0.39, 0.29) is 5.78 Å². The van der Waals surface area contributed by atoms with Crippen LogP contribution in [0.2, 0.25) is 0 Å². The lowest BCUT2D eigenvalue weighted by molar-refractivity contribution is 0.104. The van der Waals surface area contributed by atoms with Gasteiger partial charge >= 0.3 is 0 Å². The molecule has 82 valence electrons. The number of rotatable bonds is 2. The topological polar surface area (TPSA) is 17.1 Å². The van der Waals surface area contributed by atoms with Crippen LogP contribution in [0.3, 0.4) is 0 Å². The van der Waals surface area contributed by atoms with Gasteiger partial charge in [0.1, 0.15) is 0 Å². The first-order valence-electron chi connectivity index (χ1n) is 5.11. The first-order chi connectivity index (χ1) is 7.84. The molecule has 0 aliphatic carbocycles. The molecule has 3 heterocycles. The highest BCUT2D eigenvalue weighted by Gasteiger charge is 2.18. The molecule has 2 aromatic rings. The van der Waals surface area contributed by atoms with Crippen LogP contribution in [-0.2, 0) is 12.2 Å². The maximum absolute atomic E-state index is 12.1. The number of hydrogen-bond donors (Lipinski definition) is 0. The summed E-state index contributed by atoms with van der Waals surface area (Å²) in [4.78, 5) is 14.5. The van der Waals surface area contributed by atoms with Gasteiger partial charge in [0.2, 0.25) is 5.78 Å². The van der Waals surface area contributed by atoms with E-state index in [2.05, 4.69) is 6.07 Å². The number of aryl methyl sites for hydroxylation is 1. The molecule has 0 saturated heterocycles. The molecule has 1 nitrogen and oxygen atoms in total. The van der Waals surface area contributed by atoms with E-state index in [0.717, 1.165) is 22.6 Å². The molecule has 0 aromatic carbocycles. The van der Waals surface area contributed by atoms with Gasteiger partial charge in [-0.25, -0.2) is 0 Å². The molecule has 0 bridgehead atoms. The highest BCUT2D eigenvalue weighted by Crippen LogP contribution is 2.32. The van der Waals surface area contributed by atoms with E-state index in [9.17, 15) is 4.79 Å². The van der Waals surface area contributed by atoms with Gasteiger partial charge in [0.25, 0.3) is 0 Å². The zero-order valence-electron chi connectivity index (χ0n) is 8.56. The average molecular weight is 266 g/mol. The summed E-state index contributed by atoms with van der Waals surface area (Å²) in [5.41, 5.74) is 2.20. The highest BCUT2D eigenvalue weighted by molar-refractivity contribution is 7.98. The molecular formula is C12H10OS3. The van der Waals surface area contributed by atoms with Crippen LogP contribution in [0.1, 0.15) is 25.7 Å². The normalized spacial score (nSPS) is 14.8. The highest BCUT2D eigenvalue weighted by atomic mass is 32.2. The second kappa shape index (κ2) is 4.35. The van der Waals surface area contributed by atoms with Crippen molar-refractivity contribution in [2.75, 3.05) is 5.75 Å². The third-order valence-corrected chi connectivity index (χ3v) is 5.56. The Morgan fingerprint density at radius 2 is 2.31 bits per heavy atom. The standard InChI is InChI=1S/C12H10OS3/c13-12(8-1-3-14-6-8)11-5-9-7-15-4-2-10(9)16-11/h1,3,5-6H,2,4,7H2. The van der Waals surface area contributed by atoms with E-state index < -0.39 is 0 Å². The molecule has 0 radical (unpaired) electrons. The Labute approximate surface area is 107 Å². The Balaban J connectivity index is 1.95. The number of thiophene rings is 2. The summed E-state index contributed by atoms with van der Waals surface area (Å²) >= 11 is 5.22. The van der Waals surface area contributed by atoms with Crippen LogP contribution < -0.4 is 0 Å². The molecule has 0 unspecified atom stereocenters. The fourth-order valence-electron chi connectivity index (χ4n) is 1.80. The fraction of sp³-hybridized carbons (Fsp3) is 0.250. The van der Waals surface area contributed by atoms with Crippen LogP contribution in [0.5, 0.6) is 0 Å². The molecular weight excluding hydrogens is 256 g/mol. The van der Waals surface area contributed by atoms with Crippen LogP contribution in [-0.4, -0.2) is 11.5 Å². The quantitative estimate of drug-likeness (QED) is 0.768. The summed E-state index contributed by atoms with van der Waals surface area (Å²) in [6, 6.07) is 3.99. The molecule has 0 amide bonds. The minimum Gasteiger partial charge on any atom is -0.288 e. The first kappa shape index (κ1) is 10.6. The van der Waals surface area contributed by atoms with Gasteiger partial charge in [-0.3, -0.25) is 4.79 Å². The number of hydrogen-bond acceptors (Lipinski definition) is 4. The van der Waals surface area contributed by atoms with Crippen molar-refractivity contribution >= 4 is 40.2 Å². The van der Waals surface area contributed by atoms with Crippen molar-refractivity contribution in [1.82, 2.24) is 0 Å². The third kappa shape index (κ3) is 1.85. The van der Waals surface area contributed by atoms with Crippen LogP contribution in [0, 0.1) is 0 Å². The Hall–Kier alpha value is -0.580. The van der Waals surface area contributed by atoms with Gasteiger partial charge in [-0.05, 0) is 35.2 Å². The molecule has 1 aliphatic rings. The summed E-state index contributed by atoms with van der Waals surface area (Å²) in [5, 5.41) is 3.88. The maximum Gasteiger partial charge on any atom is 0.203 e. The fourth-order valence-corrected chi connectivity index (χ4v) is 4.77. The largest absolute Gasteiger partial charge is 0.288 e. The van der Waals surface area contributed by atoms with E-state index in [1.807, 2.05) is 28.6 Å². The number of thioether (sulfide) groups is 1. The molecule has 0 fully saturated rings. The molecule has 2 aromatic heterocycles. The van der Waals surface area contributed by atoms with Crippen LogP contribution in [0.4, 0.5) is 0 Å². The van der Waals surface area contributed by atoms with Crippen molar-refractivity contribution in [3.05, 3.63) is 43.8 Å². The molecule has 0 N–H and O–H groups in total. The zero-order valence-corrected chi connectivity index (χ0v) is 11.0. The second-order valence-electron chi connectivity index (χ2n) is 3.70. The van der Waals surface area contributed by atoms with E-state index in [1.165, 1.54) is 16.2 Å². The molecule has 16 heavy (non-hydrogen) atoms. The molecule has 3 rings (SSSR count). The molecule has 0 saturated carbocycles. The minimum absolute atomic E-state index is 0.186. The van der Waals surface area contributed by atoms with Gasteiger partial charge < -0.3 is 0 Å². The van der Waals surface area contributed by atoms with Gasteiger partial charge in [0.05, 0.1) is 4.88 Å². The van der Waals surface area contributed by atoms with Crippen LogP contribution in [0.15, 0.2) is 22.9 Å². The van der Waals surface area contributed by atoms with Gasteiger partial charge in [0, 0.05) is 21.6 Å². The van der Waals surface area contributed by atoms with Crippen LogP contribution in [0.25, 0.3) is 0 Å². The molecule has 0 atom stereocenters. The van der Waals surface area contributed by atoms with E-state index in [4.69, 9.17) is 0 Å². The van der Waals surface area contributed by atoms with Gasteiger partial charge in [-0.15, -0.1) is 11.3 Å². The first-order valence-corrected chi connectivity index (χ1v) is 8.02. The Bertz CT molecular complexity index is 487. The van der Waals surface area contributed by atoms with Gasteiger partial charge in [-0.1, -0.05) is 0 Å². The summed E-state index contributed by atoms with van der Waals surface area (Å²) in [6.07, 6.45) is 1.13. The smallest absolute Gasteiger partial charge is 0.203 e. The SMILES string of the molecule is O=C(c1ccsc1)c1cc2c(s1)CCSC2. The maximum atomic E-state index is 12.1. The second-order valence-corrected chi connectivity index (χ2v) is 6.72. The number of carbonyl (C=O) groups is 1. The van der Waals surface area contributed by atoms with Crippen LogP contribution >= 0.6 is 34.4 Å². The van der Waals surface area contributed by atoms with Crippen molar-refractivity contribution in [3.8, 4) is 0 Å². The van der Waals surface area contributed by atoms with Gasteiger partial charge in [-0.2, -0.15) is 23.1 Å². The molecule has 4 heteroatoms. The third-order valence-electron chi connectivity index (χ3n) is 2.63. The minimum atomic E-state index is 0.186. The summed E-state index contributed by atoms with van der Waals surface area (Å²) < 4.78 is 0. The Morgan fingerprint density at radius 1 is 1.38 bits per heavy atom. The van der Waals surface area contributed by atoms with Crippen molar-refractivity contribution in [3.63, 3.8) is 0 Å². The van der Waals surface area contributed by atoms with E-state index in [1.54, 1.807) is 22.7 Å². The average Bonchev–Trinajstić information content (AvgIpc) is 2.97. The number of ketones is 1. The predicted molar refractivity (Wildman–Crippen MR) is 71.9 cm³/mol. The number of fused-ring (bicyclic) bond motifs is 1. The molecule has 0 spiro atoms. The van der Waals surface area contributed by atoms with E-state index in [0.29, 0.717) is 0 Å². The Kier molecular flexibility index (Phi) is 2.88. The summed E-state index contributed by atoms with van der Waals surface area (Å²) in [7, 11) is 0. The lowest BCUT2D eigenvalue weighted by Crippen LogP contribution is -1.96.